The molecule has 0 saturated carbocycles. The number of rotatable bonds is 6. The predicted molar refractivity (Wildman–Crippen MR) is 122 cm³/mol. The van der Waals surface area contributed by atoms with Crippen LogP contribution in [0.2, 0.25) is 0 Å². The first kappa shape index (κ1) is 20.1. The largest absolute Gasteiger partial charge is 0.486 e. The number of unbranched alkanes of at least 4 members (excludes halogenated alkanes) is 2. The van der Waals surface area contributed by atoms with Gasteiger partial charge in [-0.3, -0.25) is 4.57 Å². The second-order valence-corrected chi connectivity index (χ2v) is 7.65. The molecule has 4 aromatic rings. The molecule has 164 valence electrons. The molecular weight excluding hydrogens is 408 g/mol. The number of hydrogen-bond acceptors (Lipinski definition) is 7. The number of esters is 1. The van der Waals surface area contributed by atoms with Crippen LogP contribution in [0.3, 0.4) is 0 Å². The van der Waals surface area contributed by atoms with Crippen LogP contribution in [-0.4, -0.2) is 40.3 Å². The van der Waals surface area contributed by atoms with Crippen molar-refractivity contribution in [1.82, 2.24) is 14.5 Å². The van der Waals surface area contributed by atoms with Gasteiger partial charge in [0.2, 0.25) is 0 Å². The van der Waals surface area contributed by atoms with Gasteiger partial charge < -0.3 is 19.9 Å². The van der Waals surface area contributed by atoms with Gasteiger partial charge in [0.05, 0.1) is 23.3 Å². The number of carbonyl (C=O) groups excluding carboxylic acids is 1. The van der Waals surface area contributed by atoms with Crippen LogP contribution in [0.1, 0.15) is 36.5 Å². The van der Waals surface area contributed by atoms with Gasteiger partial charge in [0.15, 0.2) is 17.1 Å². The standard InChI is InChI=1S/C24H24N4O4/c1-2-3-6-11-32-24(29)20-21-23(27-17-8-5-4-7-16(17)26-21)28(22(20)25)15-9-10-18-19(14-15)31-13-12-30-18/h4-5,7-10,14H,2-3,6,11-13,25H2,1H3. The summed E-state index contributed by atoms with van der Waals surface area (Å²) < 4.78 is 18.6. The third kappa shape index (κ3) is 3.47. The molecule has 1 aliphatic rings. The van der Waals surface area contributed by atoms with Crippen LogP contribution in [0.4, 0.5) is 5.82 Å². The summed E-state index contributed by atoms with van der Waals surface area (Å²) in [5, 5.41) is 0. The lowest BCUT2D eigenvalue weighted by molar-refractivity contribution is 0.0501. The number of nitrogens with zero attached hydrogens (tertiary/aromatic N) is 3. The Hall–Kier alpha value is -3.81. The van der Waals surface area contributed by atoms with Crippen LogP contribution in [0.5, 0.6) is 11.5 Å². The number of fused-ring (bicyclic) bond motifs is 3. The first-order valence-corrected chi connectivity index (χ1v) is 10.8. The first-order valence-electron chi connectivity index (χ1n) is 10.8. The van der Waals surface area contributed by atoms with Gasteiger partial charge in [0, 0.05) is 6.07 Å². The highest BCUT2D eigenvalue weighted by atomic mass is 16.6. The zero-order valence-corrected chi connectivity index (χ0v) is 17.8. The molecule has 0 radical (unpaired) electrons. The van der Waals surface area contributed by atoms with Gasteiger partial charge in [-0.25, -0.2) is 14.8 Å². The molecule has 0 saturated heterocycles. The average molecular weight is 432 g/mol. The number of anilines is 1. The van der Waals surface area contributed by atoms with E-state index in [0.717, 1.165) is 19.3 Å². The molecule has 3 heterocycles. The second kappa shape index (κ2) is 8.37. The van der Waals surface area contributed by atoms with E-state index in [9.17, 15) is 4.79 Å². The minimum Gasteiger partial charge on any atom is -0.486 e. The lowest BCUT2D eigenvalue weighted by Crippen LogP contribution is -2.15. The molecule has 0 aliphatic carbocycles. The van der Waals surface area contributed by atoms with Crippen molar-refractivity contribution in [2.75, 3.05) is 25.6 Å². The highest BCUT2D eigenvalue weighted by Crippen LogP contribution is 2.36. The highest BCUT2D eigenvalue weighted by molar-refractivity contribution is 6.09. The van der Waals surface area contributed by atoms with Gasteiger partial charge in [-0.15, -0.1) is 0 Å². The number of ether oxygens (including phenoxy) is 3. The molecule has 5 rings (SSSR count). The summed E-state index contributed by atoms with van der Waals surface area (Å²) in [5.41, 5.74) is 9.74. The average Bonchev–Trinajstić information content (AvgIpc) is 3.10. The van der Waals surface area contributed by atoms with Crippen LogP contribution >= 0.6 is 0 Å². The number of hydrogen-bond donors (Lipinski definition) is 1. The number of carbonyl (C=O) groups is 1. The van der Waals surface area contributed by atoms with Crippen LogP contribution in [0.15, 0.2) is 42.5 Å². The minimum atomic E-state index is -0.496. The Morgan fingerprint density at radius 1 is 1.06 bits per heavy atom. The summed E-state index contributed by atoms with van der Waals surface area (Å²) in [4.78, 5) is 22.5. The van der Waals surface area contributed by atoms with Gasteiger partial charge in [0.1, 0.15) is 30.1 Å². The number of nitrogen functional groups attached to an aromatic ring is 1. The van der Waals surface area contributed by atoms with Crippen molar-refractivity contribution in [3.63, 3.8) is 0 Å². The zero-order chi connectivity index (χ0) is 22.1. The topological polar surface area (TPSA) is 101 Å². The normalized spacial score (nSPS) is 12.9. The monoisotopic (exact) mass is 432 g/mol. The van der Waals surface area contributed by atoms with E-state index in [1.807, 2.05) is 42.5 Å². The van der Waals surface area contributed by atoms with Gasteiger partial charge in [-0.1, -0.05) is 31.9 Å². The molecule has 1 aliphatic heterocycles. The van der Waals surface area contributed by atoms with Crippen LogP contribution in [0, 0.1) is 0 Å². The van der Waals surface area contributed by atoms with E-state index < -0.39 is 5.97 Å². The van der Waals surface area contributed by atoms with E-state index in [-0.39, 0.29) is 11.4 Å². The molecule has 2 aromatic heterocycles. The number of aromatic nitrogens is 3. The fourth-order valence-electron chi connectivity index (χ4n) is 3.88. The number of benzene rings is 2. The Labute approximate surface area is 184 Å². The summed E-state index contributed by atoms with van der Waals surface area (Å²) in [6.07, 6.45) is 2.84. The molecule has 8 heteroatoms. The fourth-order valence-corrected chi connectivity index (χ4v) is 3.88. The fraction of sp³-hybridized carbons (Fsp3) is 0.292. The third-order valence-corrected chi connectivity index (χ3v) is 5.47. The molecule has 0 unspecified atom stereocenters. The van der Waals surface area contributed by atoms with Crippen LogP contribution in [0.25, 0.3) is 27.9 Å². The third-order valence-electron chi connectivity index (χ3n) is 5.47. The quantitative estimate of drug-likeness (QED) is 0.358. The summed E-state index contributed by atoms with van der Waals surface area (Å²) in [6, 6.07) is 13.0. The molecule has 0 spiro atoms. The van der Waals surface area contributed by atoms with Crippen molar-refractivity contribution in [2.45, 2.75) is 26.2 Å². The summed E-state index contributed by atoms with van der Waals surface area (Å²) in [7, 11) is 0. The van der Waals surface area contributed by atoms with Crippen molar-refractivity contribution in [3.05, 3.63) is 48.0 Å². The first-order chi connectivity index (χ1) is 15.7. The SMILES string of the molecule is CCCCCOC(=O)c1c(N)n(-c2ccc3c(c2)OCCO3)c2nc3ccccc3nc12. The Kier molecular flexibility index (Phi) is 5.26. The minimum absolute atomic E-state index is 0.227. The van der Waals surface area contributed by atoms with Crippen molar-refractivity contribution in [3.8, 4) is 17.2 Å². The Balaban J connectivity index is 1.67. The molecular formula is C24H24N4O4. The van der Waals surface area contributed by atoms with Gasteiger partial charge >= 0.3 is 5.97 Å². The van der Waals surface area contributed by atoms with Gasteiger partial charge in [-0.2, -0.15) is 0 Å². The van der Waals surface area contributed by atoms with E-state index in [1.165, 1.54) is 0 Å². The van der Waals surface area contributed by atoms with E-state index in [1.54, 1.807) is 4.57 Å². The Morgan fingerprint density at radius 3 is 2.59 bits per heavy atom. The number of para-hydroxylation sites is 2. The van der Waals surface area contributed by atoms with E-state index >= 15 is 0 Å². The van der Waals surface area contributed by atoms with Crippen molar-refractivity contribution in [1.29, 1.82) is 0 Å². The van der Waals surface area contributed by atoms with Crippen LogP contribution in [-0.2, 0) is 4.74 Å². The molecule has 0 fully saturated rings. The predicted octanol–water partition coefficient (Wildman–Crippen LogP) is 4.27. The summed E-state index contributed by atoms with van der Waals surface area (Å²) in [5.74, 6) is 1.02. The molecule has 2 aromatic carbocycles. The lowest BCUT2D eigenvalue weighted by Gasteiger charge is -2.19. The van der Waals surface area contributed by atoms with E-state index in [4.69, 9.17) is 29.9 Å². The smallest absolute Gasteiger partial charge is 0.344 e. The summed E-state index contributed by atoms with van der Waals surface area (Å²) in [6.45, 7) is 3.41. The Morgan fingerprint density at radius 2 is 1.81 bits per heavy atom. The maximum Gasteiger partial charge on any atom is 0.344 e. The van der Waals surface area contributed by atoms with Crippen LogP contribution < -0.4 is 15.2 Å². The maximum absolute atomic E-state index is 13.0. The lowest BCUT2D eigenvalue weighted by atomic mass is 10.2. The molecule has 8 nitrogen and oxygen atoms in total. The second-order valence-electron chi connectivity index (χ2n) is 7.65. The van der Waals surface area contributed by atoms with Crippen molar-refractivity contribution >= 4 is 34.0 Å². The van der Waals surface area contributed by atoms with Gasteiger partial charge in [-0.05, 0) is 30.7 Å². The highest BCUT2D eigenvalue weighted by Gasteiger charge is 2.26. The van der Waals surface area contributed by atoms with Gasteiger partial charge in [0.25, 0.3) is 0 Å². The zero-order valence-electron chi connectivity index (χ0n) is 17.8. The van der Waals surface area contributed by atoms with Crippen molar-refractivity contribution < 1.29 is 19.0 Å². The van der Waals surface area contributed by atoms with E-state index in [0.29, 0.717) is 59.2 Å². The molecule has 0 amide bonds. The molecule has 0 atom stereocenters. The van der Waals surface area contributed by atoms with E-state index in [2.05, 4.69) is 6.92 Å². The molecule has 32 heavy (non-hydrogen) atoms. The summed E-state index contributed by atoms with van der Waals surface area (Å²) >= 11 is 0. The Bertz CT molecular complexity index is 1310. The molecule has 2 N–H and O–H groups in total. The maximum atomic E-state index is 13.0. The van der Waals surface area contributed by atoms with Crippen molar-refractivity contribution in [2.24, 2.45) is 0 Å². The number of nitrogens with two attached hydrogens (primary N) is 1. The molecule has 0 bridgehead atoms.